The molecule has 0 aromatic carbocycles. The fraction of sp³-hybridized carbons (Fsp3) is 0.833. The van der Waals surface area contributed by atoms with Gasteiger partial charge in [0, 0.05) is 12.1 Å². The average Bonchev–Trinajstić information content (AvgIpc) is 2.81. The van der Waals surface area contributed by atoms with Gasteiger partial charge in [-0.05, 0) is 25.7 Å². The maximum Gasteiger partial charge on any atom is 0.332 e. The van der Waals surface area contributed by atoms with E-state index in [0.717, 1.165) is 25.7 Å². The smallest absolute Gasteiger partial charge is 0.332 e. The molecule has 4 atom stereocenters. The number of rotatable bonds is 3. The van der Waals surface area contributed by atoms with Gasteiger partial charge in [-0.25, -0.2) is 4.79 Å². The summed E-state index contributed by atoms with van der Waals surface area (Å²) in [7, 11) is 0. The molecule has 0 aromatic rings. The summed E-state index contributed by atoms with van der Waals surface area (Å²) >= 11 is 0. The molecule has 1 aliphatic heterocycles. The first kappa shape index (κ1) is 13.3. The summed E-state index contributed by atoms with van der Waals surface area (Å²) in [5, 5.41) is 11.7. The zero-order valence-electron chi connectivity index (χ0n) is 10.3. The van der Waals surface area contributed by atoms with E-state index < -0.39 is 18.2 Å². The van der Waals surface area contributed by atoms with Crippen LogP contribution in [0, 0.1) is 0 Å². The summed E-state index contributed by atoms with van der Waals surface area (Å²) in [6.07, 6.45) is 3.36. The van der Waals surface area contributed by atoms with Crippen LogP contribution in [0.3, 0.4) is 0 Å². The highest BCUT2D eigenvalue weighted by Gasteiger charge is 2.36. The molecule has 0 bridgehead atoms. The van der Waals surface area contributed by atoms with Crippen molar-refractivity contribution in [3.8, 4) is 0 Å². The Labute approximate surface area is 106 Å². The fourth-order valence-corrected chi connectivity index (χ4v) is 2.63. The molecule has 1 amide bonds. The molecular formula is C12H20N2O4. The molecule has 6 heteroatoms. The predicted molar refractivity (Wildman–Crippen MR) is 63.9 cm³/mol. The van der Waals surface area contributed by atoms with Crippen molar-refractivity contribution in [1.29, 1.82) is 0 Å². The first-order chi connectivity index (χ1) is 8.58. The summed E-state index contributed by atoms with van der Waals surface area (Å²) < 4.78 is 5.21. The van der Waals surface area contributed by atoms with Crippen LogP contribution in [0.25, 0.3) is 0 Å². The lowest BCUT2D eigenvalue weighted by Crippen LogP contribution is -2.51. The van der Waals surface area contributed by atoms with Gasteiger partial charge in [-0.15, -0.1) is 0 Å². The number of carboxylic acids is 1. The van der Waals surface area contributed by atoms with Crippen molar-refractivity contribution >= 4 is 11.9 Å². The third kappa shape index (κ3) is 3.00. The topological polar surface area (TPSA) is 102 Å². The molecule has 0 radical (unpaired) electrons. The molecule has 2 rings (SSSR count). The molecule has 1 saturated carbocycles. The van der Waals surface area contributed by atoms with Gasteiger partial charge in [0.2, 0.25) is 5.91 Å². The maximum atomic E-state index is 11.9. The van der Waals surface area contributed by atoms with Crippen LogP contribution in [-0.4, -0.2) is 41.3 Å². The summed E-state index contributed by atoms with van der Waals surface area (Å²) in [4.78, 5) is 22.7. The van der Waals surface area contributed by atoms with Crippen molar-refractivity contribution in [2.75, 3.05) is 0 Å². The molecule has 102 valence electrons. The highest BCUT2D eigenvalue weighted by Crippen LogP contribution is 2.22. The van der Waals surface area contributed by atoms with E-state index in [1.165, 1.54) is 0 Å². The van der Waals surface area contributed by atoms with Crippen molar-refractivity contribution in [3.05, 3.63) is 0 Å². The van der Waals surface area contributed by atoms with E-state index in [0.29, 0.717) is 12.8 Å². The molecule has 4 N–H and O–H groups in total. The van der Waals surface area contributed by atoms with Crippen LogP contribution in [-0.2, 0) is 14.3 Å². The first-order valence-corrected chi connectivity index (χ1v) is 6.52. The van der Waals surface area contributed by atoms with E-state index in [-0.39, 0.29) is 18.0 Å². The third-order valence-electron chi connectivity index (χ3n) is 3.73. The van der Waals surface area contributed by atoms with Crippen molar-refractivity contribution in [3.63, 3.8) is 0 Å². The first-order valence-electron chi connectivity index (χ1n) is 6.52. The van der Waals surface area contributed by atoms with Crippen molar-refractivity contribution in [2.24, 2.45) is 5.73 Å². The van der Waals surface area contributed by atoms with Crippen LogP contribution in [0.4, 0.5) is 0 Å². The van der Waals surface area contributed by atoms with Gasteiger partial charge in [0.25, 0.3) is 0 Å². The maximum absolute atomic E-state index is 11.9. The van der Waals surface area contributed by atoms with Gasteiger partial charge in [-0.1, -0.05) is 12.8 Å². The van der Waals surface area contributed by atoms with E-state index in [1.807, 2.05) is 0 Å². The molecular weight excluding hydrogens is 236 g/mol. The van der Waals surface area contributed by atoms with E-state index in [4.69, 9.17) is 15.6 Å². The van der Waals surface area contributed by atoms with Crippen LogP contribution >= 0.6 is 0 Å². The lowest BCUT2D eigenvalue weighted by atomic mass is 9.91. The van der Waals surface area contributed by atoms with Crippen LogP contribution in [0.2, 0.25) is 0 Å². The van der Waals surface area contributed by atoms with Crippen LogP contribution in [0.1, 0.15) is 38.5 Å². The van der Waals surface area contributed by atoms with Crippen molar-refractivity contribution in [1.82, 2.24) is 5.32 Å². The molecule has 1 saturated heterocycles. The summed E-state index contributed by atoms with van der Waals surface area (Å²) in [5.74, 6) is -1.22. The summed E-state index contributed by atoms with van der Waals surface area (Å²) in [5.41, 5.74) is 5.95. The lowest BCUT2D eigenvalue weighted by molar-refractivity contribution is -0.152. The number of carbonyl (C=O) groups excluding carboxylic acids is 1. The van der Waals surface area contributed by atoms with Gasteiger partial charge in [-0.3, -0.25) is 4.79 Å². The summed E-state index contributed by atoms with van der Waals surface area (Å²) in [6.45, 7) is 0. The van der Waals surface area contributed by atoms with E-state index in [1.54, 1.807) is 0 Å². The van der Waals surface area contributed by atoms with E-state index in [9.17, 15) is 9.59 Å². The highest BCUT2D eigenvalue weighted by atomic mass is 16.5. The molecule has 1 heterocycles. The number of nitrogens with one attached hydrogen (secondary N) is 1. The number of nitrogens with two attached hydrogens (primary N) is 1. The zero-order chi connectivity index (χ0) is 13.1. The normalized spacial score (nSPS) is 36.3. The molecule has 0 spiro atoms. The molecule has 1 aliphatic carbocycles. The number of aliphatic carboxylic acids is 1. The second kappa shape index (κ2) is 5.67. The molecule has 2 unspecified atom stereocenters. The number of amides is 1. The highest BCUT2D eigenvalue weighted by molar-refractivity contribution is 5.82. The average molecular weight is 256 g/mol. The third-order valence-corrected chi connectivity index (χ3v) is 3.73. The van der Waals surface area contributed by atoms with Gasteiger partial charge in [0.1, 0.15) is 6.10 Å². The Hall–Kier alpha value is -1.14. The van der Waals surface area contributed by atoms with Crippen LogP contribution in [0.15, 0.2) is 0 Å². The Bertz CT molecular complexity index is 334. The Morgan fingerprint density at radius 3 is 2.39 bits per heavy atom. The Balaban J connectivity index is 1.83. The Kier molecular flexibility index (Phi) is 4.19. The minimum absolute atomic E-state index is 0.000580. The number of hydrogen-bond donors (Lipinski definition) is 3. The van der Waals surface area contributed by atoms with Crippen molar-refractivity contribution < 1.29 is 19.4 Å². The fourth-order valence-electron chi connectivity index (χ4n) is 2.63. The molecule has 6 nitrogen and oxygen atoms in total. The second-order valence-corrected chi connectivity index (χ2v) is 5.09. The van der Waals surface area contributed by atoms with Gasteiger partial charge >= 0.3 is 5.97 Å². The number of carboxylic acid groups (broad SMARTS) is 1. The summed E-state index contributed by atoms with van der Waals surface area (Å²) in [6, 6.07) is -0.00176. The Morgan fingerprint density at radius 2 is 1.78 bits per heavy atom. The largest absolute Gasteiger partial charge is 0.479 e. The van der Waals surface area contributed by atoms with Gasteiger partial charge in [0.15, 0.2) is 6.10 Å². The standard InChI is InChI=1S/C12H20N2O4/c13-7-3-1-2-4-8(7)14-11(15)9-5-6-10(18-9)12(16)17/h7-10H,1-6,13H2,(H,14,15)(H,16,17)/t7?,8?,9-,10+/m0/s1. The molecule has 0 aromatic heterocycles. The SMILES string of the molecule is NC1CCCCC1NC(=O)[C@@H]1CC[C@H](C(=O)O)O1. The van der Waals surface area contributed by atoms with Crippen LogP contribution < -0.4 is 11.1 Å². The van der Waals surface area contributed by atoms with Gasteiger partial charge in [0.05, 0.1) is 0 Å². The number of ether oxygens (including phenoxy) is 1. The van der Waals surface area contributed by atoms with Gasteiger partial charge < -0.3 is 20.9 Å². The zero-order valence-corrected chi connectivity index (χ0v) is 10.3. The molecule has 2 fully saturated rings. The monoisotopic (exact) mass is 256 g/mol. The lowest BCUT2D eigenvalue weighted by Gasteiger charge is -2.30. The van der Waals surface area contributed by atoms with Gasteiger partial charge in [-0.2, -0.15) is 0 Å². The predicted octanol–water partition coefficient (Wildman–Crippen LogP) is 0.00470. The molecule has 18 heavy (non-hydrogen) atoms. The number of carbonyl (C=O) groups is 2. The molecule has 2 aliphatic rings. The van der Waals surface area contributed by atoms with E-state index >= 15 is 0 Å². The van der Waals surface area contributed by atoms with E-state index in [2.05, 4.69) is 5.32 Å². The minimum Gasteiger partial charge on any atom is -0.479 e. The van der Waals surface area contributed by atoms with Crippen LogP contribution in [0.5, 0.6) is 0 Å². The number of hydrogen-bond acceptors (Lipinski definition) is 4. The Morgan fingerprint density at radius 1 is 1.11 bits per heavy atom. The quantitative estimate of drug-likeness (QED) is 0.660. The van der Waals surface area contributed by atoms with Crippen molar-refractivity contribution in [2.45, 2.75) is 62.8 Å². The second-order valence-electron chi connectivity index (χ2n) is 5.09. The minimum atomic E-state index is -1.00.